The fourth-order valence-electron chi connectivity index (χ4n) is 2.18. The molecule has 21 heavy (non-hydrogen) atoms. The summed E-state index contributed by atoms with van der Waals surface area (Å²) in [4.78, 5) is 14.1. The van der Waals surface area contributed by atoms with Crippen molar-refractivity contribution in [1.82, 2.24) is 4.90 Å². The standard InChI is InChI=1S/C15H18ClNO4/c1-10-12-9-11(16)3-4-13(12)21-14(10)15(19)17(5-7-18)6-8-20-2/h3-4,9,18H,5-8H2,1-2H3. The molecular weight excluding hydrogens is 294 g/mol. The summed E-state index contributed by atoms with van der Waals surface area (Å²) in [6.45, 7) is 2.74. The van der Waals surface area contributed by atoms with Gasteiger partial charge in [-0.05, 0) is 25.1 Å². The number of carbonyl (C=O) groups excluding carboxylic acids is 1. The largest absolute Gasteiger partial charge is 0.451 e. The molecule has 0 saturated heterocycles. The van der Waals surface area contributed by atoms with Gasteiger partial charge in [0.05, 0.1) is 13.2 Å². The van der Waals surface area contributed by atoms with E-state index in [1.807, 2.05) is 6.92 Å². The van der Waals surface area contributed by atoms with Gasteiger partial charge in [0.2, 0.25) is 0 Å². The zero-order valence-corrected chi connectivity index (χ0v) is 12.8. The number of fused-ring (bicyclic) bond motifs is 1. The predicted molar refractivity (Wildman–Crippen MR) is 80.8 cm³/mol. The first kappa shape index (κ1) is 15.8. The number of hydrogen-bond acceptors (Lipinski definition) is 4. The summed E-state index contributed by atoms with van der Waals surface area (Å²) in [5.74, 6) is 0.0164. The van der Waals surface area contributed by atoms with Crippen LogP contribution >= 0.6 is 11.6 Å². The number of halogens is 1. The van der Waals surface area contributed by atoms with Crippen LogP contribution in [0.3, 0.4) is 0 Å². The van der Waals surface area contributed by atoms with Gasteiger partial charge in [-0.3, -0.25) is 4.79 Å². The molecule has 0 spiro atoms. The van der Waals surface area contributed by atoms with E-state index in [4.69, 9.17) is 25.9 Å². The minimum Gasteiger partial charge on any atom is -0.451 e. The highest BCUT2D eigenvalue weighted by Gasteiger charge is 2.23. The van der Waals surface area contributed by atoms with E-state index in [0.717, 1.165) is 10.9 Å². The molecule has 1 aromatic carbocycles. The van der Waals surface area contributed by atoms with E-state index in [1.165, 1.54) is 4.90 Å². The quantitative estimate of drug-likeness (QED) is 0.890. The van der Waals surface area contributed by atoms with Crippen molar-refractivity contribution in [2.75, 3.05) is 33.4 Å². The Balaban J connectivity index is 2.34. The van der Waals surface area contributed by atoms with Gasteiger partial charge in [0.15, 0.2) is 5.76 Å². The summed E-state index contributed by atoms with van der Waals surface area (Å²) in [7, 11) is 1.57. The molecule has 1 amide bonds. The van der Waals surface area contributed by atoms with Crippen LogP contribution in [0.4, 0.5) is 0 Å². The number of methoxy groups -OCH3 is 1. The lowest BCUT2D eigenvalue weighted by atomic mass is 10.1. The minimum atomic E-state index is -0.258. The van der Waals surface area contributed by atoms with Crippen molar-refractivity contribution in [3.05, 3.63) is 34.5 Å². The maximum Gasteiger partial charge on any atom is 0.290 e. The van der Waals surface area contributed by atoms with Gasteiger partial charge in [-0.25, -0.2) is 0 Å². The summed E-state index contributed by atoms with van der Waals surface area (Å²) < 4.78 is 10.6. The van der Waals surface area contributed by atoms with Crippen LogP contribution in [0.15, 0.2) is 22.6 Å². The van der Waals surface area contributed by atoms with E-state index in [1.54, 1.807) is 25.3 Å². The lowest BCUT2D eigenvalue weighted by molar-refractivity contribution is 0.0627. The number of rotatable bonds is 6. The van der Waals surface area contributed by atoms with Crippen LogP contribution in [-0.4, -0.2) is 49.3 Å². The zero-order valence-electron chi connectivity index (χ0n) is 12.1. The van der Waals surface area contributed by atoms with Crippen LogP contribution in [-0.2, 0) is 4.74 Å². The molecule has 1 aromatic heterocycles. The molecule has 0 aliphatic rings. The molecule has 1 N–H and O–H groups in total. The fraction of sp³-hybridized carbons (Fsp3) is 0.400. The molecule has 1 heterocycles. The zero-order chi connectivity index (χ0) is 15.4. The molecule has 114 valence electrons. The summed E-state index contributed by atoms with van der Waals surface area (Å²) >= 11 is 5.97. The molecule has 0 fully saturated rings. The van der Waals surface area contributed by atoms with Gasteiger partial charge in [-0.1, -0.05) is 11.6 Å². The van der Waals surface area contributed by atoms with E-state index < -0.39 is 0 Å². The maximum atomic E-state index is 12.5. The summed E-state index contributed by atoms with van der Waals surface area (Å²) in [6.07, 6.45) is 0. The molecule has 0 aliphatic heterocycles. The van der Waals surface area contributed by atoms with E-state index in [2.05, 4.69) is 0 Å². The number of aryl methyl sites for hydroxylation is 1. The number of hydrogen-bond donors (Lipinski definition) is 1. The molecular formula is C15H18ClNO4. The van der Waals surface area contributed by atoms with Crippen LogP contribution in [0.2, 0.25) is 5.02 Å². The second-order valence-electron chi connectivity index (χ2n) is 4.71. The third-order valence-corrected chi connectivity index (χ3v) is 3.55. The van der Waals surface area contributed by atoms with Crippen LogP contribution in [0.25, 0.3) is 11.0 Å². The summed E-state index contributed by atoms with van der Waals surface area (Å²) in [5.41, 5.74) is 1.37. The molecule has 0 aliphatic carbocycles. The van der Waals surface area contributed by atoms with Gasteiger partial charge < -0.3 is 19.2 Å². The first-order valence-corrected chi connectivity index (χ1v) is 7.04. The molecule has 0 atom stereocenters. The van der Waals surface area contributed by atoms with Crippen molar-refractivity contribution in [3.8, 4) is 0 Å². The lowest BCUT2D eigenvalue weighted by Crippen LogP contribution is -2.36. The van der Waals surface area contributed by atoms with E-state index in [9.17, 15) is 4.79 Å². The average molecular weight is 312 g/mol. The molecule has 5 nitrogen and oxygen atoms in total. The molecule has 0 saturated carbocycles. The minimum absolute atomic E-state index is 0.111. The van der Waals surface area contributed by atoms with Gasteiger partial charge in [0.1, 0.15) is 5.58 Å². The Kier molecular flexibility index (Phi) is 5.22. The van der Waals surface area contributed by atoms with Crippen LogP contribution < -0.4 is 0 Å². The highest BCUT2D eigenvalue weighted by atomic mass is 35.5. The molecule has 0 bridgehead atoms. The summed E-state index contributed by atoms with van der Waals surface area (Å²) in [5, 5.41) is 10.5. The average Bonchev–Trinajstić information content (AvgIpc) is 2.80. The molecule has 6 heteroatoms. The third kappa shape index (κ3) is 3.37. The van der Waals surface area contributed by atoms with Gasteiger partial charge in [0.25, 0.3) is 5.91 Å². The first-order chi connectivity index (χ1) is 10.1. The Morgan fingerprint density at radius 1 is 1.43 bits per heavy atom. The summed E-state index contributed by atoms with van der Waals surface area (Å²) in [6, 6.07) is 5.24. The molecule has 0 unspecified atom stereocenters. The van der Waals surface area contributed by atoms with Crippen LogP contribution in [0, 0.1) is 6.92 Å². The van der Waals surface area contributed by atoms with E-state index >= 15 is 0 Å². The number of benzene rings is 1. The van der Waals surface area contributed by atoms with Crippen LogP contribution in [0.5, 0.6) is 0 Å². The Morgan fingerprint density at radius 2 is 2.19 bits per heavy atom. The predicted octanol–water partition coefficient (Wildman–Crippen LogP) is 2.48. The number of aliphatic hydroxyl groups excluding tert-OH is 1. The topological polar surface area (TPSA) is 62.9 Å². The normalized spacial score (nSPS) is 11.0. The van der Waals surface area contributed by atoms with Crippen molar-refractivity contribution >= 4 is 28.5 Å². The monoisotopic (exact) mass is 311 g/mol. The van der Waals surface area contributed by atoms with E-state index in [0.29, 0.717) is 23.8 Å². The molecule has 2 aromatic rings. The smallest absolute Gasteiger partial charge is 0.290 e. The van der Waals surface area contributed by atoms with Crippen LogP contribution in [0.1, 0.15) is 16.1 Å². The van der Waals surface area contributed by atoms with Gasteiger partial charge in [-0.15, -0.1) is 0 Å². The first-order valence-electron chi connectivity index (χ1n) is 6.66. The Labute approximate surface area is 128 Å². The van der Waals surface area contributed by atoms with E-state index in [-0.39, 0.29) is 24.8 Å². The number of aliphatic hydroxyl groups is 1. The SMILES string of the molecule is COCCN(CCO)C(=O)c1oc2ccc(Cl)cc2c1C. The molecule has 0 radical (unpaired) electrons. The lowest BCUT2D eigenvalue weighted by Gasteiger charge is -2.20. The van der Waals surface area contributed by atoms with Gasteiger partial charge in [-0.2, -0.15) is 0 Å². The molecule has 2 rings (SSSR count). The maximum absolute atomic E-state index is 12.5. The Hall–Kier alpha value is -1.56. The Bertz CT molecular complexity index is 638. The van der Waals surface area contributed by atoms with Crippen molar-refractivity contribution in [1.29, 1.82) is 0 Å². The van der Waals surface area contributed by atoms with Gasteiger partial charge in [0, 0.05) is 36.2 Å². The third-order valence-electron chi connectivity index (χ3n) is 3.31. The number of carbonyl (C=O) groups is 1. The van der Waals surface area contributed by atoms with Gasteiger partial charge >= 0.3 is 0 Å². The number of nitrogens with zero attached hydrogens (tertiary/aromatic N) is 1. The number of furan rings is 1. The second-order valence-corrected chi connectivity index (χ2v) is 5.14. The highest BCUT2D eigenvalue weighted by molar-refractivity contribution is 6.31. The second kappa shape index (κ2) is 6.93. The van der Waals surface area contributed by atoms with Crippen molar-refractivity contribution in [2.45, 2.75) is 6.92 Å². The van der Waals surface area contributed by atoms with Crippen molar-refractivity contribution < 1.29 is 19.1 Å². The van der Waals surface area contributed by atoms with Crippen molar-refractivity contribution in [3.63, 3.8) is 0 Å². The fourth-order valence-corrected chi connectivity index (χ4v) is 2.35. The highest BCUT2D eigenvalue weighted by Crippen LogP contribution is 2.28. The number of ether oxygens (including phenoxy) is 1. The van der Waals surface area contributed by atoms with Crippen molar-refractivity contribution in [2.24, 2.45) is 0 Å². The Morgan fingerprint density at radius 3 is 2.86 bits per heavy atom. The number of amides is 1.